The van der Waals surface area contributed by atoms with E-state index in [0.29, 0.717) is 25.6 Å². The monoisotopic (exact) mass is 335 g/mol. The molecule has 1 saturated heterocycles. The van der Waals surface area contributed by atoms with Gasteiger partial charge >= 0.3 is 0 Å². The molecule has 2 rings (SSSR count). The van der Waals surface area contributed by atoms with Crippen LogP contribution in [0.25, 0.3) is 0 Å². The van der Waals surface area contributed by atoms with E-state index in [-0.39, 0.29) is 11.7 Å². The normalized spacial score (nSPS) is 15.4. The molecule has 1 aromatic rings. The number of halogens is 1. The molecule has 0 atom stereocenters. The van der Waals surface area contributed by atoms with Crippen LogP contribution in [-0.2, 0) is 9.53 Å². The average molecular weight is 335 g/mol. The number of ether oxygens (including phenoxy) is 1. The van der Waals surface area contributed by atoms with Gasteiger partial charge in [-0.1, -0.05) is 5.92 Å². The quantitative estimate of drug-likeness (QED) is 0.435. The van der Waals surface area contributed by atoms with E-state index in [2.05, 4.69) is 5.92 Å². The standard InChI is InChI=1S/C18H22FNO2S/c1-2-12-22-14-15-7-10-20(11-8-15)18(21)9-13-23-17-5-3-16(19)4-6-17/h1,3-6,15H,7-14H2. The molecule has 1 heterocycles. The van der Waals surface area contributed by atoms with Crippen molar-refractivity contribution < 1.29 is 13.9 Å². The lowest BCUT2D eigenvalue weighted by molar-refractivity contribution is -0.132. The summed E-state index contributed by atoms with van der Waals surface area (Å²) in [6, 6.07) is 6.37. The third kappa shape index (κ3) is 6.25. The van der Waals surface area contributed by atoms with E-state index in [4.69, 9.17) is 11.2 Å². The molecule has 124 valence electrons. The minimum absolute atomic E-state index is 0.197. The fourth-order valence-corrected chi connectivity index (χ4v) is 3.42. The Bertz CT molecular complexity index is 533. The number of likely N-dealkylation sites (tertiary alicyclic amines) is 1. The van der Waals surface area contributed by atoms with Gasteiger partial charge in [0.25, 0.3) is 0 Å². The molecule has 0 unspecified atom stereocenters. The summed E-state index contributed by atoms with van der Waals surface area (Å²) < 4.78 is 18.2. The highest BCUT2D eigenvalue weighted by molar-refractivity contribution is 7.99. The van der Waals surface area contributed by atoms with Crippen LogP contribution in [-0.4, -0.2) is 42.9 Å². The number of terminal acetylenes is 1. The van der Waals surface area contributed by atoms with Crippen molar-refractivity contribution in [3.63, 3.8) is 0 Å². The van der Waals surface area contributed by atoms with Gasteiger partial charge in [-0.15, -0.1) is 18.2 Å². The van der Waals surface area contributed by atoms with Gasteiger partial charge in [0.1, 0.15) is 12.4 Å². The molecule has 0 N–H and O–H groups in total. The lowest BCUT2D eigenvalue weighted by atomic mass is 9.97. The predicted molar refractivity (Wildman–Crippen MR) is 90.7 cm³/mol. The second-order valence-corrected chi connectivity index (χ2v) is 6.76. The molecular formula is C18H22FNO2S. The minimum atomic E-state index is -0.237. The van der Waals surface area contributed by atoms with E-state index in [9.17, 15) is 9.18 Å². The summed E-state index contributed by atoms with van der Waals surface area (Å²) in [5.74, 6) is 3.64. The molecule has 0 saturated carbocycles. The summed E-state index contributed by atoms with van der Waals surface area (Å²) in [6.45, 7) is 2.64. The number of nitrogens with zero attached hydrogens (tertiary/aromatic N) is 1. The zero-order valence-electron chi connectivity index (χ0n) is 13.2. The first-order valence-corrected chi connectivity index (χ1v) is 8.85. The predicted octanol–water partition coefficient (Wildman–Crippen LogP) is 3.20. The smallest absolute Gasteiger partial charge is 0.223 e. The Morgan fingerprint density at radius 2 is 2.04 bits per heavy atom. The van der Waals surface area contributed by atoms with Crippen molar-refractivity contribution in [2.45, 2.75) is 24.2 Å². The second-order valence-electron chi connectivity index (χ2n) is 5.60. The first-order chi connectivity index (χ1) is 11.2. The van der Waals surface area contributed by atoms with E-state index in [1.807, 2.05) is 4.90 Å². The van der Waals surface area contributed by atoms with Gasteiger partial charge in [0.05, 0.1) is 6.61 Å². The van der Waals surface area contributed by atoms with E-state index in [1.165, 1.54) is 12.1 Å². The van der Waals surface area contributed by atoms with Crippen LogP contribution in [0.1, 0.15) is 19.3 Å². The Morgan fingerprint density at radius 3 is 2.70 bits per heavy atom. The number of rotatable bonds is 7. The molecule has 1 aliphatic heterocycles. The molecule has 1 aromatic carbocycles. The van der Waals surface area contributed by atoms with E-state index >= 15 is 0 Å². The maximum atomic E-state index is 12.8. The number of thioether (sulfide) groups is 1. The van der Waals surface area contributed by atoms with Crippen molar-refractivity contribution in [2.24, 2.45) is 5.92 Å². The Labute approximate surface area is 141 Å². The summed E-state index contributed by atoms with van der Waals surface area (Å²) >= 11 is 1.58. The second kappa shape index (κ2) is 9.59. The number of hydrogen-bond donors (Lipinski definition) is 0. The van der Waals surface area contributed by atoms with Crippen LogP contribution in [0.5, 0.6) is 0 Å². The van der Waals surface area contributed by atoms with Crippen molar-refractivity contribution in [2.75, 3.05) is 32.1 Å². The largest absolute Gasteiger partial charge is 0.369 e. The molecule has 0 aromatic heterocycles. The lowest BCUT2D eigenvalue weighted by Crippen LogP contribution is -2.39. The Balaban J connectivity index is 1.63. The van der Waals surface area contributed by atoms with Crippen molar-refractivity contribution in [3.05, 3.63) is 30.1 Å². The van der Waals surface area contributed by atoms with Gasteiger partial charge in [-0.2, -0.15) is 0 Å². The minimum Gasteiger partial charge on any atom is -0.369 e. The number of carbonyl (C=O) groups is 1. The molecule has 1 aliphatic rings. The van der Waals surface area contributed by atoms with Gasteiger partial charge in [0.15, 0.2) is 0 Å². The third-order valence-electron chi connectivity index (χ3n) is 3.90. The van der Waals surface area contributed by atoms with Crippen molar-refractivity contribution in [3.8, 4) is 12.3 Å². The van der Waals surface area contributed by atoms with Gasteiger partial charge in [0, 0.05) is 30.2 Å². The Morgan fingerprint density at radius 1 is 1.35 bits per heavy atom. The SMILES string of the molecule is C#CCOCC1CCN(C(=O)CCSc2ccc(F)cc2)CC1. The van der Waals surface area contributed by atoms with E-state index in [0.717, 1.165) is 36.6 Å². The Hall–Kier alpha value is -1.51. The first-order valence-electron chi connectivity index (χ1n) is 7.86. The van der Waals surface area contributed by atoms with Crippen LogP contribution in [0, 0.1) is 24.1 Å². The summed E-state index contributed by atoms with van der Waals surface area (Å²) in [6.07, 6.45) is 7.61. The summed E-state index contributed by atoms with van der Waals surface area (Å²) in [5.41, 5.74) is 0. The van der Waals surface area contributed by atoms with Crippen molar-refractivity contribution in [1.82, 2.24) is 4.90 Å². The van der Waals surface area contributed by atoms with E-state index < -0.39 is 0 Å². The molecule has 0 bridgehead atoms. The number of amides is 1. The lowest BCUT2D eigenvalue weighted by Gasteiger charge is -2.31. The number of piperidine rings is 1. The highest BCUT2D eigenvalue weighted by Crippen LogP contribution is 2.21. The van der Waals surface area contributed by atoms with Gasteiger partial charge in [0.2, 0.25) is 5.91 Å². The number of carbonyl (C=O) groups excluding carboxylic acids is 1. The van der Waals surface area contributed by atoms with Gasteiger partial charge in [-0.05, 0) is 43.0 Å². The zero-order valence-corrected chi connectivity index (χ0v) is 14.0. The maximum absolute atomic E-state index is 12.8. The van der Waals surface area contributed by atoms with Crippen molar-refractivity contribution in [1.29, 1.82) is 0 Å². The van der Waals surface area contributed by atoms with Gasteiger partial charge in [-0.25, -0.2) is 4.39 Å². The van der Waals surface area contributed by atoms with Crippen LogP contribution >= 0.6 is 11.8 Å². The molecule has 3 nitrogen and oxygen atoms in total. The number of hydrogen-bond acceptors (Lipinski definition) is 3. The highest BCUT2D eigenvalue weighted by atomic mass is 32.2. The molecular weight excluding hydrogens is 313 g/mol. The molecule has 5 heteroatoms. The molecule has 0 spiro atoms. The fourth-order valence-electron chi connectivity index (χ4n) is 2.58. The van der Waals surface area contributed by atoms with Crippen LogP contribution < -0.4 is 0 Å². The van der Waals surface area contributed by atoms with Gasteiger partial charge in [-0.3, -0.25) is 4.79 Å². The Kier molecular flexibility index (Phi) is 7.44. The molecule has 0 radical (unpaired) electrons. The van der Waals surface area contributed by atoms with Crippen LogP contribution in [0.2, 0.25) is 0 Å². The maximum Gasteiger partial charge on any atom is 0.223 e. The van der Waals surface area contributed by atoms with Crippen LogP contribution in [0.3, 0.4) is 0 Å². The fraction of sp³-hybridized carbons (Fsp3) is 0.500. The molecule has 23 heavy (non-hydrogen) atoms. The topological polar surface area (TPSA) is 29.5 Å². The average Bonchev–Trinajstić information content (AvgIpc) is 2.57. The third-order valence-corrected chi connectivity index (χ3v) is 4.92. The highest BCUT2D eigenvalue weighted by Gasteiger charge is 2.22. The molecule has 1 amide bonds. The molecule has 0 aliphatic carbocycles. The molecule has 1 fully saturated rings. The first kappa shape index (κ1) is 17.8. The number of benzene rings is 1. The van der Waals surface area contributed by atoms with Gasteiger partial charge < -0.3 is 9.64 Å². The van der Waals surface area contributed by atoms with Crippen LogP contribution in [0.4, 0.5) is 4.39 Å². The summed E-state index contributed by atoms with van der Waals surface area (Å²) in [7, 11) is 0. The van der Waals surface area contributed by atoms with Crippen LogP contribution in [0.15, 0.2) is 29.2 Å². The van der Waals surface area contributed by atoms with Crippen molar-refractivity contribution >= 4 is 17.7 Å². The zero-order chi connectivity index (χ0) is 16.5. The summed E-state index contributed by atoms with van der Waals surface area (Å²) in [5, 5.41) is 0. The summed E-state index contributed by atoms with van der Waals surface area (Å²) in [4.78, 5) is 15.1. The van der Waals surface area contributed by atoms with E-state index in [1.54, 1.807) is 23.9 Å².